The van der Waals surface area contributed by atoms with Crippen LogP contribution in [-0.4, -0.2) is 50.7 Å². The fourth-order valence-corrected chi connectivity index (χ4v) is 3.60. The van der Waals surface area contributed by atoms with Gasteiger partial charge in [-0.3, -0.25) is 4.79 Å². The summed E-state index contributed by atoms with van der Waals surface area (Å²) < 4.78 is 5.10. The third-order valence-corrected chi connectivity index (χ3v) is 5.07. The summed E-state index contributed by atoms with van der Waals surface area (Å²) in [5, 5.41) is 3.21. The minimum absolute atomic E-state index is 0.299. The molecule has 1 saturated carbocycles. The van der Waals surface area contributed by atoms with Crippen LogP contribution in [0.2, 0.25) is 0 Å². The van der Waals surface area contributed by atoms with Crippen molar-refractivity contribution >= 4 is 5.91 Å². The number of amides is 1. The van der Waals surface area contributed by atoms with Crippen LogP contribution in [-0.2, 0) is 9.53 Å². The first-order valence-electron chi connectivity index (χ1n) is 8.78. The first kappa shape index (κ1) is 16.8. The molecule has 2 fully saturated rings. The highest BCUT2D eigenvalue weighted by Gasteiger charge is 2.23. The zero-order valence-corrected chi connectivity index (χ0v) is 13.6. The molecule has 0 aromatic rings. The van der Waals surface area contributed by atoms with Gasteiger partial charge in [0.15, 0.2) is 0 Å². The predicted octanol–water partition coefficient (Wildman–Crippen LogP) is 2.43. The van der Waals surface area contributed by atoms with Crippen LogP contribution in [0, 0.1) is 11.8 Å². The average molecular weight is 296 g/mol. The molecule has 1 aliphatic heterocycles. The normalized spacial score (nSPS) is 22.3. The zero-order chi connectivity index (χ0) is 14.9. The predicted molar refractivity (Wildman–Crippen MR) is 85.2 cm³/mol. The second-order valence-corrected chi connectivity index (χ2v) is 6.71. The average Bonchev–Trinajstić information content (AvgIpc) is 2.55. The quantitative estimate of drug-likeness (QED) is 0.734. The lowest BCUT2D eigenvalue weighted by Crippen LogP contribution is -2.40. The Morgan fingerprint density at radius 2 is 1.86 bits per heavy atom. The van der Waals surface area contributed by atoms with E-state index in [0.717, 1.165) is 39.0 Å². The molecule has 0 radical (unpaired) electrons. The van der Waals surface area contributed by atoms with Crippen molar-refractivity contribution in [3.8, 4) is 0 Å². The number of hydrogen-bond acceptors (Lipinski definition) is 3. The van der Waals surface area contributed by atoms with Gasteiger partial charge in [0.25, 0.3) is 0 Å². The van der Waals surface area contributed by atoms with Crippen molar-refractivity contribution in [1.29, 1.82) is 0 Å². The van der Waals surface area contributed by atoms with Gasteiger partial charge in [-0.15, -0.1) is 0 Å². The minimum Gasteiger partial charge on any atom is -0.385 e. The molecule has 2 rings (SSSR count). The van der Waals surface area contributed by atoms with Crippen molar-refractivity contribution in [2.45, 2.75) is 51.4 Å². The van der Waals surface area contributed by atoms with Gasteiger partial charge in [-0.1, -0.05) is 19.3 Å². The Kier molecular flexibility index (Phi) is 7.51. The Morgan fingerprint density at radius 1 is 1.14 bits per heavy atom. The number of ether oxygens (including phenoxy) is 1. The molecule has 2 aliphatic rings. The highest BCUT2D eigenvalue weighted by Crippen LogP contribution is 2.24. The molecule has 4 heteroatoms. The second-order valence-electron chi connectivity index (χ2n) is 6.71. The fourth-order valence-electron chi connectivity index (χ4n) is 3.60. The van der Waals surface area contributed by atoms with Crippen molar-refractivity contribution in [2.75, 3.05) is 39.9 Å². The number of carbonyl (C=O) groups is 1. The molecular formula is C17H32N2O2. The number of methoxy groups -OCH3 is 1. The smallest absolute Gasteiger partial charge is 0.223 e. The maximum atomic E-state index is 12.1. The number of carbonyl (C=O) groups excluding carboxylic acids is 1. The number of nitrogens with zero attached hydrogens (tertiary/aromatic N) is 1. The highest BCUT2D eigenvalue weighted by molar-refractivity contribution is 5.78. The highest BCUT2D eigenvalue weighted by atomic mass is 16.5. The van der Waals surface area contributed by atoms with Crippen molar-refractivity contribution in [1.82, 2.24) is 10.2 Å². The monoisotopic (exact) mass is 296 g/mol. The molecule has 0 bridgehead atoms. The number of nitrogens with one attached hydrogen (secondary N) is 1. The van der Waals surface area contributed by atoms with Gasteiger partial charge >= 0.3 is 0 Å². The van der Waals surface area contributed by atoms with E-state index in [1.54, 1.807) is 7.11 Å². The Balaban J connectivity index is 1.57. The topological polar surface area (TPSA) is 41.6 Å². The van der Waals surface area contributed by atoms with Crippen molar-refractivity contribution in [3.63, 3.8) is 0 Å². The lowest BCUT2D eigenvalue weighted by Gasteiger charge is -2.32. The summed E-state index contributed by atoms with van der Waals surface area (Å²) in [6.45, 7) is 5.25. The van der Waals surface area contributed by atoms with Crippen LogP contribution in [0.5, 0.6) is 0 Å². The molecule has 1 aliphatic carbocycles. The van der Waals surface area contributed by atoms with E-state index in [-0.39, 0.29) is 0 Å². The fraction of sp³-hybridized carbons (Fsp3) is 0.941. The lowest BCUT2D eigenvalue weighted by molar-refractivity contribution is -0.126. The van der Waals surface area contributed by atoms with Gasteiger partial charge in [-0.25, -0.2) is 0 Å². The van der Waals surface area contributed by atoms with Crippen LogP contribution >= 0.6 is 0 Å². The molecule has 4 nitrogen and oxygen atoms in total. The van der Waals surface area contributed by atoms with Gasteiger partial charge in [0, 0.05) is 32.7 Å². The van der Waals surface area contributed by atoms with Gasteiger partial charge in [-0.05, 0) is 51.1 Å². The van der Waals surface area contributed by atoms with E-state index >= 15 is 0 Å². The van der Waals surface area contributed by atoms with Crippen LogP contribution in [0.15, 0.2) is 0 Å². The van der Waals surface area contributed by atoms with Gasteiger partial charge in [-0.2, -0.15) is 0 Å². The largest absolute Gasteiger partial charge is 0.385 e. The number of hydrogen-bond donors (Lipinski definition) is 1. The molecular weight excluding hydrogens is 264 g/mol. The molecule has 0 aromatic carbocycles. The summed E-state index contributed by atoms with van der Waals surface area (Å²) in [6, 6.07) is 0. The van der Waals surface area contributed by atoms with Crippen molar-refractivity contribution in [2.24, 2.45) is 11.8 Å². The molecule has 1 N–H and O–H groups in total. The molecule has 1 amide bonds. The van der Waals surface area contributed by atoms with E-state index in [1.807, 2.05) is 0 Å². The number of piperidine rings is 1. The summed E-state index contributed by atoms with van der Waals surface area (Å²) in [6.07, 6.45) is 9.55. The zero-order valence-electron chi connectivity index (χ0n) is 13.6. The minimum atomic E-state index is 0.299. The maximum absolute atomic E-state index is 12.1. The molecule has 0 aromatic heterocycles. The van der Waals surface area contributed by atoms with E-state index < -0.39 is 0 Å². The molecule has 0 unspecified atom stereocenters. The lowest BCUT2D eigenvalue weighted by atomic mass is 9.88. The van der Waals surface area contributed by atoms with Crippen LogP contribution in [0.4, 0.5) is 0 Å². The van der Waals surface area contributed by atoms with Gasteiger partial charge in [0.1, 0.15) is 0 Å². The van der Waals surface area contributed by atoms with Gasteiger partial charge in [0.2, 0.25) is 5.91 Å². The summed E-state index contributed by atoms with van der Waals surface area (Å²) in [5.41, 5.74) is 0. The number of rotatable bonds is 7. The molecule has 0 spiro atoms. The molecule has 1 saturated heterocycles. The Hall–Kier alpha value is -0.610. The maximum Gasteiger partial charge on any atom is 0.223 e. The standard InChI is InChI=1S/C17H32N2O2/c1-21-13-5-10-19-11-8-15(9-12-19)14-18-17(20)16-6-3-2-4-7-16/h15-16H,2-14H2,1H3,(H,18,20). The van der Waals surface area contributed by atoms with Crippen LogP contribution in [0.3, 0.4) is 0 Å². The third kappa shape index (κ3) is 5.95. The molecule has 1 heterocycles. The van der Waals surface area contributed by atoms with Gasteiger partial charge < -0.3 is 15.0 Å². The molecule has 122 valence electrons. The van der Waals surface area contributed by atoms with E-state index in [4.69, 9.17) is 4.74 Å². The first-order chi connectivity index (χ1) is 10.3. The summed E-state index contributed by atoms with van der Waals surface area (Å²) in [5.74, 6) is 1.29. The summed E-state index contributed by atoms with van der Waals surface area (Å²) >= 11 is 0. The number of likely N-dealkylation sites (tertiary alicyclic amines) is 1. The Labute approximate surface area is 129 Å². The molecule has 0 atom stereocenters. The van der Waals surface area contributed by atoms with Crippen molar-refractivity contribution < 1.29 is 9.53 Å². The van der Waals surface area contributed by atoms with Crippen LogP contribution in [0.1, 0.15) is 51.4 Å². The van der Waals surface area contributed by atoms with Crippen LogP contribution in [0.25, 0.3) is 0 Å². The summed E-state index contributed by atoms with van der Waals surface area (Å²) in [4.78, 5) is 14.7. The summed E-state index contributed by atoms with van der Waals surface area (Å²) in [7, 11) is 1.77. The van der Waals surface area contributed by atoms with E-state index in [0.29, 0.717) is 17.7 Å². The Bertz CT molecular complexity index is 295. The van der Waals surface area contributed by atoms with E-state index in [1.165, 1.54) is 45.2 Å². The van der Waals surface area contributed by atoms with Crippen LogP contribution < -0.4 is 5.32 Å². The van der Waals surface area contributed by atoms with Crippen molar-refractivity contribution in [3.05, 3.63) is 0 Å². The first-order valence-corrected chi connectivity index (χ1v) is 8.78. The molecule has 21 heavy (non-hydrogen) atoms. The van der Waals surface area contributed by atoms with E-state index in [9.17, 15) is 4.79 Å². The third-order valence-electron chi connectivity index (χ3n) is 5.07. The van der Waals surface area contributed by atoms with Gasteiger partial charge in [0.05, 0.1) is 0 Å². The van der Waals surface area contributed by atoms with E-state index in [2.05, 4.69) is 10.2 Å². The second kappa shape index (κ2) is 9.42. The Morgan fingerprint density at radius 3 is 2.52 bits per heavy atom. The SMILES string of the molecule is COCCCN1CCC(CNC(=O)C2CCCCC2)CC1.